The molecule has 3 rings (SSSR count). The predicted octanol–water partition coefficient (Wildman–Crippen LogP) is 0.593. The van der Waals surface area contributed by atoms with Gasteiger partial charge in [0.05, 0.1) is 13.2 Å². The van der Waals surface area contributed by atoms with Crippen LogP contribution in [0, 0.1) is 0 Å². The number of hydrogen-bond acceptors (Lipinski definition) is 10. The number of esters is 1. The number of rotatable bonds is 9. The van der Waals surface area contributed by atoms with Gasteiger partial charge in [-0.2, -0.15) is 5.09 Å². The standard InChI is InChI=1S/C21H28N3O9P/c1-12(21(28)30-4)23-34(29,33-15-8-6-5-7-9-15)32-13(2)19-17(26)18(27)20(31-19)24-11-10-16(25)22-14(24)3/h5-13,17-20,26-27H,3H2,1-2,4H3,(H,22,25)(H,23,29)/t12?,13?,17?,18?,19-,20-,34?/m1/s1. The first-order valence-corrected chi connectivity index (χ1v) is 12.0. The van der Waals surface area contributed by atoms with Crippen molar-refractivity contribution in [3.8, 4) is 5.75 Å². The molecule has 2 aliphatic heterocycles. The summed E-state index contributed by atoms with van der Waals surface area (Å²) in [5.74, 6) is -0.742. The quantitative estimate of drug-likeness (QED) is 0.280. The number of benzene rings is 1. The van der Waals surface area contributed by atoms with Gasteiger partial charge in [0.25, 0.3) is 5.91 Å². The van der Waals surface area contributed by atoms with E-state index in [4.69, 9.17) is 13.8 Å². The zero-order valence-electron chi connectivity index (χ0n) is 18.9. The number of methoxy groups -OCH3 is 1. The number of aliphatic hydroxyl groups excluding tert-OH is 2. The molecule has 186 valence electrons. The summed E-state index contributed by atoms with van der Waals surface area (Å²) in [6, 6.07) is 7.11. The van der Waals surface area contributed by atoms with Crippen molar-refractivity contribution < 1.29 is 42.9 Å². The number of carbonyl (C=O) groups is 2. The van der Waals surface area contributed by atoms with Crippen LogP contribution in [-0.4, -0.2) is 70.8 Å². The summed E-state index contributed by atoms with van der Waals surface area (Å²) in [4.78, 5) is 24.7. The van der Waals surface area contributed by atoms with E-state index in [1.807, 2.05) is 0 Å². The molecule has 1 fully saturated rings. The van der Waals surface area contributed by atoms with Crippen LogP contribution in [0.4, 0.5) is 0 Å². The SMILES string of the molecule is C=C1NC(=O)C=CN1[C@@H]1O[C@H](C(C)OP(=O)(NC(C)C(=O)OC)Oc2ccccc2)C(O)C1O. The smallest absolute Gasteiger partial charge is 0.459 e. The maximum absolute atomic E-state index is 13.6. The lowest BCUT2D eigenvalue weighted by atomic mass is 10.1. The Morgan fingerprint density at radius 2 is 1.94 bits per heavy atom. The van der Waals surface area contributed by atoms with Gasteiger partial charge in [0.1, 0.15) is 35.9 Å². The number of para-hydroxylation sites is 1. The number of ether oxygens (including phenoxy) is 2. The lowest BCUT2D eigenvalue weighted by molar-refractivity contribution is -0.142. The van der Waals surface area contributed by atoms with E-state index < -0.39 is 56.3 Å². The first-order valence-electron chi connectivity index (χ1n) is 10.4. The Kier molecular flexibility index (Phi) is 8.13. The summed E-state index contributed by atoms with van der Waals surface area (Å²) >= 11 is 0. The lowest BCUT2D eigenvalue weighted by Gasteiger charge is -2.33. The first kappa shape index (κ1) is 25.9. The van der Waals surface area contributed by atoms with E-state index in [0.717, 1.165) is 0 Å². The molecule has 0 spiro atoms. The van der Waals surface area contributed by atoms with Gasteiger partial charge in [0, 0.05) is 12.3 Å². The van der Waals surface area contributed by atoms with E-state index in [0.29, 0.717) is 0 Å². The molecule has 13 heteroatoms. The van der Waals surface area contributed by atoms with Gasteiger partial charge >= 0.3 is 13.7 Å². The summed E-state index contributed by atoms with van der Waals surface area (Å²) in [7, 11) is -3.03. The molecular formula is C21H28N3O9P. The molecule has 0 aliphatic carbocycles. The number of carbonyl (C=O) groups excluding carboxylic acids is 2. The van der Waals surface area contributed by atoms with Gasteiger partial charge in [-0.3, -0.25) is 14.1 Å². The van der Waals surface area contributed by atoms with E-state index in [1.54, 1.807) is 30.3 Å². The second-order valence-electron chi connectivity index (χ2n) is 7.72. The molecule has 1 aromatic carbocycles. The summed E-state index contributed by atoms with van der Waals surface area (Å²) in [5, 5.41) is 26.2. The number of aliphatic hydroxyl groups is 2. The predicted molar refractivity (Wildman–Crippen MR) is 119 cm³/mol. The fourth-order valence-electron chi connectivity index (χ4n) is 3.47. The Morgan fingerprint density at radius 3 is 2.56 bits per heavy atom. The third kappa shape index (κ3) is 5.84. The fourth-order valence-corrected chi connectivity index (χ4v) is 5.17. The summed E-state index contributed by atoms with van der Waals surface area (Å²) in [6.45, 7) is 6.59. The van der Waals surface area contributed by atoms with Crippen molar-refractivity contribution in [3.63, 3.8) is 0 Å². The zero-order valence-corrected chi connectivity index (χ0v) is 19.8. The molecular weight excluding hydrogens is 469 g/mol. The molecule has 1 saturated heterocycles. The van der Waals surface area contributed by atoms with Crippen LogP contribution in [0.5, 0.6) is 5.75 Å². The van der Waals surface area contributed by atoms with Crippen molar-refractivity contribution in [2.24, 2.45) is 0 Å². The third-order valence-corrected chi connectivity index (χ3v) is 6.92. The van der Waals surface area contributed by atoms with Crippen LogP contribution < -0.4 is 14.9 Å². The van der Waals surface area contributed by atoms with Crippen LogP contribution >= 0.6 is 7.75 Å². The maximum atomic E-state index is 13.6. The number of amides is 1. The molecule has 2 heterocycles. The highest BCUT2D eigenvalue weighted by Crippen LogP contribution is 2.47. The normalized spacial score (nSPS) is 28.1. The van der Waals surface area contributed by atoms with Crippen LogP contribution in [0.2, 0.25) is 0 Å². The van der Waals surface area contributed by atoms with Crippen LogP contribution in [-0.2, 0) is 28.2 Å². The van der Waals surface area contributed by atoms with Gasteiger partial charge in [0.15, 0.2) is 6.23 Å². The summed E-state index contributed by atoms with van der Waals surface area (Å²) in [6.07, 6.45) is -3.62. The number of nitrogens with one attached hydrogen (secondary N) is 2. The van der Waals surface area contributed by atoms with E-state index >= 15 is 0 Å². The summed E-state index contributed by atoms with van der Waals surface area (Å²) < 4.78 is 35.3. The highest BCUT2D eigenvalue weighted by molar-refractivity contribution is 7.52. The number of hydrogen-bond donors (Lipinski definition) is 4. The Hall–Kier alpha value is -2.73. The van der Waals surface area contributed by atoms with E-state index in [1.165, 1.54) is 38.1 Å². The Labute approximate surface area is 196 Å². The average Bonchev–Trinajstić information content (AvgIpc) is 3.08. The van der Waals surface area contributed by atoms with E-state index in [2.05, 4.69) is 21.7 Å². The van der Waals surface area contributed by atoms with Crippen LogP contribution in [0.25, 0.3) is 0 Å². The van der Waals surface area contributed by atoms with Crippen molar-refractivity contribution in [2.45, 2.75) is 50.5 Å². The highest BCUT2D eigenvalue weighted by atomic mass is 31.2. The second kappa shape index (κ2) is 10.7. The molecule has 2 aliphatic rings. The molecule has 5 unspecified atom stereocenters. The zero-order chi connectivity index (χ0) is 25.0. The minimum atomic E-state index is -4.22. The minimum Gasteiger partial charge on any atom is -0.468 e. The van der Waals surface area contributed by atoms with Gasteiger partial charge in [-0.1, -0.05) is 24.8 Å². The van der Waals surface area contributed by atoms with Crippen LogP contribution in [0.15, 0.2) is 55.0 Å². The van der Waals surface area contributed by atoms with Gasteiger partial charge in [-0.05, 0) is 26.0 Å². The Morgan fingerprint density at radius 1 is 1.26 bits per heavy atom. The maximum Gasteiger partial charge on any atom is 0.459 e. The monoisotopic (exact) mass is 497 g/mol. The van der Waals surface area contributed by atoms with Crippen LogP contribution in [0.3, 0.4) is 0 Å². The molecule has 0 bridgehead atoms. The Balaban J connectivity index is 1.78. The molecule has 1 aromatic rings. The lowest BCUT2D eigenvalue weighted by Crippen LogP contribution is -2.46. The van der Waals surface area contributed by atoms with Crippen molar-refractivity contribution in [1.82, 2.24) is 15.3 Å². The molecule has 0 radical (unpaired) electrons. The van der Waals surface area contributed by atoms with Crippen molar-refractivity contribution in [1.29, 1.82) is 0 Å². The van der Waals surface area contributed by atoms with Gasteiger partial charge < -0.3 is 34.4 Å². The minimum absolute atomic E-state index is 0.143. The molecule has 1 amide bonds. The van der Waals surface area contributed by atoms with E-state index in [-0.39, 0.29) is 11.6 Å². The van der Waals surface area contributed by atoms with Crippen molar-refractivity contribution in [2.75, 3.05) is 7.11 Å². The molecule has 4 N–H and O–H groups in total. The van der Waals surface area contributed by atoms with Gasteiger partial charge in [-0.15, -0.1) is 0 Å². The molecule has 7 atom stereocenters. The highest BCUT2D eigenvalue weighted by Gasteiger charge is 2.50. The van der Waals surface area contributed by atoms with Gasteiger partial charge in [0.2, 0.25) is 0 Å². The first-order chi connectivity index (χ1) is 16.0. The van der Waals surface area contributed by atoms with Crippen molar-refractivity contribution >= 4 is 19.6 Å². The Bertz CT molecular complexity index is 989. The van der Waals surface area contributed by atoms with Crippen LogP contribution in [0.1, 0.15) is 13.8 Å². The molecule has 0 aromatic heterocycles. The fraction of sp³-hybridized carbons (Fsp3) is 0.429. The third-order valence-electron chi connectivity index (χ3n) is 5.16. The van der Waals surface area contributed by atoms with E-state index in [9.17, 15) is 24.4 Å². The van der Waals surface area contributed by atoms with Gasteiger partial charge in [-0.25, -0.2) is 4.57 Å². The molecule has 12 nitrogen and oxygen atoms in total. The number of nitrogens with zero attached hydrogens (tertiary/aromatic N) is 1. The largest absolute Gasteiger partial charge is 0.468 e. The molecule has 34 heavy (non-hydrogen) atoms. The molecule has 0 saturated carbocycles. The second-order valence-corrected chi connectivity index (χ2v) is 9.36. The summed E-state index contributed by atoms with van der Waals surface area (Å²) in [5.41, 5.74) is 0. The van der Waals surface area contributed by atoms with Crippen molar-refractivity contribution in [3.05, 3.63) is 55.0 Å². The average molecular weight is 497 g/mol. The topological polar surface area (TPSA) is 156 Å².